The second-order valence-electron chi connectivity index (χ2n) is 4.46. The van der Waals surface area contributed by atoms with E-state index in [4.69, 9.17) is 0 Å². The molecular weight excluding hydrogens is 242 g/mol. The van der Waals surface area contributed by atoms with Crippen molar-refractivity contribution < 1.29 is 4.79 Å². The molecular formula is C14H17N3O2. The minimum absolute atomic E-state index is 0.101. The summed E-state index contributed by atoms with van der Waals surface area (Å²) in [6.45, 7) is 4.09. The number of benzene rings is 1. The van der Waals surface area contributed by atoms with Crippen LogP contribution in [0.3, 0.4) is 0 Å². The Morgan fingerprint density at radius 3 is 2.53 bits per heavy atom. The van der Waals surface area contributed by atoms with E-state index in [0.29, 0.717) is 6.54 Å². The zero-order chi connectivity index (χ0) is 13.8. The normalized spacial score (nSPS) is 10.4. The molecule has 1 heterocycles. The highest BCUT2D eigenvalue weighted by molar-refractivity contribution is 5.90. The highest BCUT2D eigenvalue weighted by Gasteiger charge is 2.08. The Morgan fingerprint density at radius 1 is 1.26 bits per heavy atom. The summed E-state index contributed by atoms with van der Waals surface area (Å²) >= 11 is 0. The largest absolute Gasteiger partial charge is 0.326 e. The first-order valence-corrected chi connectivity index (χ1v) is 6.19. The number of carbonyl (C=O) groups is 1. The fourth-order valence-corrected chi connectivity index (χ4v) is 1.90. The number of hydrogen-bond donors (Lipinski definition) is 2. The smallest absolute Gasteiger partial charge is 0.325 e. The van der Waals surface area contributed by atoms with Crippen molar-refractivity contribution >= 4 is 11.6 Å². The van der Waals surface area contributed by atoms with Crippen molar-refractivity contribution in [2.75, 3.05) is 5.32 Å². The van der Waals surface area contributed by atoms with Crippen molar-refractivity contribution in [3.8, 4) is 0 Å². The quantitative estimate of drug-likeness (QED) is 0.879. The maximum atomic E-state index is 11.8. The lowest BCUT2D eigenvalue weighted by Gasteiger charge is -2.06. The first-order valence-electron chi connectivity index (χ1n) is 6.19. The number of H-pyrrole nitrogens is 1. The number of para-hydroxylation sites is 1. The van der Waals surface area contributed by atoms with Gasteiger partial charge in [-0.1, -0.05) is 18.2 Å². The maximum Gasteiger partial charge on any atom is 0.325 e. The van der Waals surface area contributed by atoms with Gasteiger partial charge in [-0.2, -0.15) is 0 Å². The average molecular weight is 259 g/mol. The molecule has 0 fully saturated rings. The number of anilines is 1. The van der Waals surface area contributed by atoms with Crippen LogP contribution in [0.1, 0.15) is 17.8 Å². The Balaban J connectivity index is 1.96. The summed E-state index contributed by atoms with van der Waals surface area (Å²) in [6.07, 6.45) is 0.271. The van der Waals surface area contributed by atoms with Gasteiger partial charge in [0.2, 0.25) is 5.91 Å². The molecule has 2 aromatic rings. The van der Waals surface area contributed by atoms with Gasteiger partial charge in [0.15, 0.2) is 0 Å². The molecule has 0 aliphatic heterocycles. The summed E-state index contributed by atoms with van der Waals surface area (Å²) < 4.78 is 1.58. The van der Waals surface area contributed by atoms with E-state index < -0.39 is 0 Å². The molecule has 2 rings (SSSR count). The molecule has 2 N–H and O–H groups in total. The molecule has 5 nitrogen and oxygen atoms in total. The Bertz CT molecular complexity index is 626. The minimum Gasteiger partial charge on any atom is -0.326 e. The number of nitrogens with one attached hydrogen (secondary N) is 2. The van der Waals surface area contributed by atoms with Gasteiger partial charge in [0.1, 0.15) is 0 Å². The molecule has 0 saturated carbocycles. The number of rotatable bonds is 4. The van der Waals surface area contributed by atoms with Gasteiger partial charge in [0, 0.05) is 30.0 Å². The molecule has 0 bridgehead atoms. The van der Waals surface area contributed by atoms with E-state index in [-0.39, 0.29) is 18.0 Å². The Hall–Kier alpha value is -2.30. The van der Waals surface area contributed by atoms with Gasteiger partial charge < -0.3 is 10.3 Å². The highest BCUT2D eigenvalue weighted by atomic mass is 16.2. The van der Waals surface area contributed by atoms with Gasteiger partial charge in [0.05, 0.1) is 0 Å². The van der Waals surface area contributed by atoms with Crippen LogP contribution in [0, 0.1) is 13.8 Å². The van der Waals surface area contributed by atoms with Gasteiger partial charge in [-0.3, -0.25) is 9.36 Å². The highest BCUT2D eigenvalue weighted by Crippen LogP contribution is 2.06. The van der Waals surface area contributed by atoms with E-state index in [9.17, 15) is 9.59 Å². The number of aromatic amines is 1. The lowest BCUT2D eigenvalue weighted by molar-refractivity contribution is -0.116. The molecule has 0 atom stereocenters. The first kappa shape index (κ1) is 13.1. The van der Waals surface area contributed by atoms with E-state index >= 15 is 0 Å². The van der Waals surface area contributed by atoms with E-state index in [1.807, 2.05) is 44.2 Å². The van der Waals surface area contributed by atoms with Crippen molar-refractivity contribution in [1.82, 2.24) is 9.55 Å². The average Bonchev–Trinajstić information content (AvgIpc) is 2.62. The van der Waals surface area contributed by atoms with Crippen molar-refractivity contribution in [2.24, 2.45) is 0 Å². The Morgan fingerprint density at radius 2 is 1.95 bits per heavy atom. The molecule has 1 aromatic carbocycles. The van der Waals surface area contributed by atoms with Gasteiger partial charge in [-0.25, -0.2) is 4.79 Å². The van der Waals surface area contributed by atoms with Crippen LogP contribution in [0.2, 0.25) is 0 Å². The van der Waals surface area contributed by atoms with Crippen LogP contribution in [-0.4, -0.2) is 15.5 Å². The first-order chi connectivity index (χ1) is 9.08. The lowest BCUT2D eigenvalue weighted by Crippen LogP contribution is -2.22. The molecule has 0 unspecified atom stereocenters. The lowest BCUT2D eigenvalue weighted by atomic mass is 10.3. The monoisotopic (exact) mass is 259 g/mol. The molecule has 5 heteroatoms. The van der Waals surface area contributed by atoms with Crippen LogP contribution in [0.15, 0.2) is 35.1 Å². The zero-order valence-electron chi connectivity index (χ0n) is 11.1. The van der Waals surface area contributed by atoms with Crippen LogP contribution in [0.25, 0.3) is 0 Å². The summed E-state index contributed by atoms with van der Waals surface area (Å²) in [5.74, 6) is -0.101. The van der Waals surface area contributed by atoms with Crippen LogP contribution in [-0.2, 0) is 11.3 Å². The summed E-state index contributed by atoms with van der Waals surface area (Å²) in [5, 5.41) is 2.79. The van der Waals surface area contributed by atoms with Gasteiger partial charge in [-0.15, -0.1) is 0 Å². The Kier molecular flexibility index (Phi) is 3.85. The summed E-state index contributed by atoms with van der Waals surface area (Å²) in [5.41, 5.74) is 2.32. The third-order valence-electron chi connectivity index (χ3n) is 3.11. The maximum absolute atomic E-state index is 11.8. The number of carbonyl (C=O) groups excluding carboxylic acids is 1. The summed E-state index contributed by atoms with van der Waals surface area (Å²) in [6, 6.07) is 9.27. The van der Waals surface area contributed by atoms with E-state index in [0.717, 1.165) is 17.1 Å². The van der Waals surface area contributed by atoms with Crippen LogP contribution in [0.5, 0.6) is 0 Å². The van der Waals surface area contributed by atoms with Crippen molar-refractivity contribution in [3.05, 3.63) is 52.2 Å². The summed E-state index contributed by atoms with van der Waals surface area (Å²) in [7, 11) is 0. The molecule has 1 aromatic heterocycles. The predicted molar refractivity (Wildman–Crippen MR) is 74.2 cm³/mol. The van der Waals surface area contributed by atoms with E-state index in [1.165, 1.54) is 0 Å². The number of nitrogens with zero attached hydrogens (tertiary/aromatic N) is 1. The molecule has 0 saturated heterocycles. The van der Waals surface area contributed by atoms with Gasteiger partial charge in [0.25, 0.3) is 0 Å². The standard InChI is InChI=1S/C14H17N3O2/c1-10-11(2)17(14(19)15-10)9-8-13(18)16-12-6-4-3-5-7-12/h3-7H,8-9H2,1-2H3,(H,15,19)(H,16,18). The SMILES string of the molecule is Cc1[nH]c(=O)n(CCC(=O)Nc2ccccc2)c1C. The molecule has 0 aliphatic rings. The second-order valence-corrected chi connectivity index (χ2v) is 4.46. The number of imidazole rings is 1. The van der Waals surface area contributed by atoms with Gasteiger partial charge >= 0.3 is 5.69 Å². The fourth-order valence-electron chi connectivity index (χ4n) is 1.90. The third-order valence-corrected chi connectivity index (χ3v) is 3.11. The number of amides is 1. The van der Waals surface area contributed by atoms with Crippen LogP contribution in [0.4, 0.5) is 5.69 Å². The predicted octanol–water partition coefficient (Wildman–Crippen LogP) is 1.82. The molecule has 100 valence electrons. The van der Waals surface area contributed by atoms with Crippen LogP contribution < -0.4 is 11.0 Å². The second kappa shape index (κ2) is 5.56. The van der Waals surface area contributed by atoms with Crippen molar-refractivity contribution in [3.63, 3.8) is 0 Å². The van der Waals surface area contributed by atoms with E-state index in [1.54, 1.807) is 4.57 Å². The fraction of sp³-hybridized carbons (Fsp3) is 0.286. The van der Waals surface area contributed by atoms with Crippen molar-refractivity contribution in [2.45, 2.75) is 26.8 Å². The Labute approximate surface area is 111 Å². The number of hydrogen-bond acceptors (Lipinski definition) is 2. The topological polar surface area (TPSA) is 66.9 Å². The van der Waals surface area contributed by atoms with Crippen LogP contribution >= 0.6 is 0 Å². The summed E-state index contributed by atoms with van der Waals surface area (Å²) in [4.78, 5) is 26.1. The molecule has 19 heavy (non-hydrogen) atoms. The third kappa shape index (κ3) is 3.13. The zero-order valence-corrected chi connectivity index (χ0v) is 11.1. The molecule has 1 amide bonds. The number of aromatic nitrogens is 2. The van der Waals surface area contributed by atoms with E-state index in [2.05, 4.69) is 10.3 Å². The van der Waals surface area contributed by atoms with Gasteiger partial charge in [-0.05, 0) is 26.0 Å². The molecule has 0 aliphatic carbocycles. The minimum atomic E-state index is -0.164. The molecule has 0 radical (unpaired) electrons. The molecule has 0 spiro atoms. The van der Waals surface area contributed by atoms with Crippen molar-refractivity contribution in [1.29, 1.82) is 0 Å². The number of aryl methyl sites for hydroxylation is 1.